The van der Waals surface area contributed by atoms with E-state index in [1.54, 1.807) is 0 Å². The SMILES string of the molecule is O=C(O)CCCCCNC(=O)c1cc(I)ccc1Br. The molecular weight excluding hydrogens is 425 g/mol. The number of amides is 1. The van der Waals surface area contributed by atoms with Crippen LogP contribution in [0.1, 0.15) is 36.0 Å². The van der Waals surface area contributed by atoms with Crippen LogP contribution >= 0.6 is 38.5 Å². The van der Waals surface area contributed by atoms with E-state index in [0.29, 0.717) is 18.5 Å². The first-order valence-electron chi connectivity index (χ1n) is 5.95. The molecule has 6 heteroatoms. The summed E-state index contributed by atoms with van der Waals surface area (Å²) in [7, 11) is 0. The van der Waals surface area contributed by atoms with Crippen LogP contribution in [-0.4, -0.2) is 23.5 Å². The molecule has 0 aromatic heterocycles. The number of halogens is 2. The Morgan fingerprint density at radius 2 is 2.00 bits per heavy atom. The molecular formula is C13H15BrINO3. The third kappa shape index (κ3) is 6.38. The quantitative estimate of drug-likeness (QED) is 0.505. The second kappa shape index (κ2) is 8.52. The number of aliphatic carboxylic acids is 1. The summed E-state index contributed by atoms with van der Waals surface area (Å²) in [5.74, 6) is -0.879. The molecule has 1 aromatic carbocycles. The number of hydrogen-bond acceptors (Lipinski definition) is 2. The number of nitrogens with one attached hydrogen (secondary N) is 1. The van der Waals surface area contributed by atoms with Crippen molar-refractivity contribution >= 4 is 50.4 Å². The van der Waals surface area contributed by atoms with E-state index in [1.807, 2.05) is 18.2 Å². The van der Waals surface area contributed by atoms with Crippen LogP contribution in [-0.2, 0) is 4.79 Å². The summed E-state index contributed by atoms with van der Waals surface area (Å²) >= 11 is 5.51. The van der Waals surface area contributed by atoms with Crippen molar-refractivity contribution in [3.8, 4) is 0 Å². The van der Waals surface area contributed by atoms with Gasteiger partial charge in [-0.3, -0.25) is 9.59 Å². The largest absolute Gasteiger partial charge is 0.481 e. The maximum Gasteiger partial charge on any atom is 0.303 e. The Bertz CT molecular complexity index is 465. The van der Waals surface area contributed by atoms with Crippen molar-refractivity contribution in [2.45, 2.75) is 25.7 Å². The summed E-state index contributed by atoms with van der Waals surface area (Å²) < 4.78 is 1.78. The lowest BCUT2D eigenvalue weighted by Gasteiger charge is -2.07. The molecule has 0 unspecified atom stereocenters. The molecule has 0 saturated carbocycles. The van der Waals surface area contributed by atoms with Gasteiger partial charge in [0.25, 0.3) is 5.91 Å². The molecule has 1 aromatic rings. The maximum atomic E-state index is 11.9. The highest BCUT2D eigenvalue weighted by Crippen LogP contribution is 2.19. The van der Waals surface area contributed by atoms with Gasteiger partial charge in [0.2, 0.25) is 0 Å². The minimum atomic E-state index is -0.771. The predicted octanol–water partition coefficient (Wildman–Crippen LogP) is 3.43. The normalized spacial score (nSPS) is 10.2. The van der Waals surface area contributed by atoms with Crippen molar-refractivity contribution in [1.29, 1.82) is 0 Å². The first-order chi connectivity index (χ1) is 9.00. The van der Waals surface area contributed by atoms with E-state index in [9.17, 15) is 9.59 Å². The molecule has 0 atom stereocenters. The summed E-state index contributed by atoms with van der Waals surface area (Å²) in [6, 6.07) is 5.60. The fraction of sp³-hybridized carbons (Fsp3) is 0.385. The van der Waals surface area contributed by atoms with Crippen molar-refractivity contribution in [3.05, 3.63) is 31.8 Å². The number of benzene rings is 1. The number of carboxylic acids is 1. The Hall–Kier alpha value is -0.630. The van der Waals surface area contributed by atoms with Gasteiger partial charge in [0.05, 0.1) is 5.56 Å². The van der Waals surface area contributed by atoms with Gasteiger partial charge in [-0.1, -0.05) is 6.42 Å². The van der Waals surface area contributed by atoms with Gasteiger partial charge in [0.1, 0.15) is 0 Å². The Kier molecular flexibility index (Phi) is 7.37. The molecule has 19 heavy (non-hydrogen) atoms. The van der Waals surface area contributed by atoms with Crippen molar-refractivity contribution in [1.82, 2.24) is 5.32 Å². The van der Waals surface area contributed by atoms with Gasteiger partial charge in [0, 0.05) is 21.0 Å². The van der Waals surface area contributed by atoms with Crippen LogP contribution in [0, 0.1) is 3.57 Å². The van der Waals surface area contributed by atoms with Crippen LogP contribution in [0.5, 0.6) is 0 Å². The summed E-state index contributed by atoms with van der Waals surface area (Å²) in [6.07, 6.45) is 2.44. The van der Waals surface area contributed by atoms with E-state index < -0.39 is 5.97 Å². The molecule has 0 aliphatic heterocycles. The minimum absolute atomic E-state index is 0.108. The zero-order chi connectivity index (χ0) is 14.3. The lowest BCUT2D eigenvalue weighted by atomic mass is 10.2. The van der Waals surface area contributed by atoms with E-state index in [4.69, 9.17) is 5.11 Å². The lowest BCUT2D eigenvalue weighted by molar-refractivity contribution is -0.137. The number of carboxylic acid groups (broad SMARTS) is 1. The average Bonchev–Trinajstić information content (AvgIpc) is 2.36. The summed E-state index contributed by atoms with van der Waals surface area (Å²) in [6.45, 7) is 0.566. The molecule has 4 nitrogen and oxygen atoms in total. The highest BCUT2D eigenvalue weighted by Gasteiger charge is 2.09. The van der Waals surface area contributed by atoms with Crippen LogP contribution < -0.4 is 5.32 Å². The van der Waals surface area contributed by atoms with Crippen molar-refractivity contribution in [2.24, 2.45) is 0 Å². The van der Waals surface area contributed by atoms with Gasteiger partial charge in [0.15, 0.2) is 0 Å². The third-order valence-corrected chi connectivity index (χ3v) is 3.89. The van der Waals surface area contributed by atoms with Gasteiger partial charge in [-0.15, -0.1) is 0 Å². The van der Waals surface area contributed by atoms with Crippen LogP contribution in [0.3, 0.4) is 0 Å². The zero-order valence-corrected chi connectivity index (χ0v) is 14.0. The van der Waals surface area contributed by atoms with Crippen LogP contribution in [0.2, 0.25) is 0 Å². The number of unbranched alkanes of at least 4 members (excludes halogenated alkanes) is 2. The van der Waals surface area contributed by atoms with Gasteiger partial charge in [-0.25, -0.2) is 0 Å². The van der Waals surface area contributed by atoms with E-state index in [0.717, 1.165) is 20.9 Å². The molecule has 1 amide bonds. The summed E-state index contributed by atoms with van der Waals surface area (Å²) in [4.78, 5) is 22.2. The molecule has 0 bridgehead atoms. The Labute approximate surface area is 134 Å². The molecule has 1 rings (SSSR count). The second-order valence-electron chi connectivity index (χ2n) is 4.08. The predicted molar refractivity (Wildman–Crippen MR) is 85.3 cm³/mol. The lowest BCUT2D eigenvalue weighted by Crippen LogP contribution is -2.24. The molecule has 0 aliphatic carbocycles. The topological polar surface area (TPSA) is 66.4 Å². The Morgan fingerprint density at radius 1 is 1.26 bits per heavy atom. The van der Waals surface area contributed by atoms with Gasteiger partial charge < -0.3 is 10.4 Å². The van der Waals surface area contributed by atoms with Gasteiger partial charge in [-0.2, -0.15) is 0 Å². The van der Waals surface area contributed by atoms with Gasteiger partial charge in [-0.05, 0) is 69.6 Å². The number of carbonyl (C=O) groups is 2. The van der Waals surface area contributed by atoms with Crippen molar-refractivity contribution in [2.75, 3.05) is 6.54 Å². The van der Waals surface area contributed by atoms with E-state index >= 15 is 0 Å². The van der Waals surface area contributed by atoms with E-state index in [-0.39, 0.29) is 12.3 Å². The monoisotopic (exact) mass is 439 g/mol. The van der Waals surface area contributed by atoms with Gasteiger partial charge >= 0.3 is 5.97 Å². The number of rotatable bonds is 7. The van der Waals surface area contributed by atoms with Crippen LogP contribution in [0.4, 0.5) is 0 Å². The zero-order valence-electron chi connectivity index (χ0n) is 10.3. The first kappa shape index (κ1) is 16.4. The molecule has 0 fully saturated rings. The fourth-order valence-electron chi connectivity index (χ4n) is 1.55. The summed E-state index contributed by atoms with van der Waals surface area (Å²) in [5.41, 5.74) is 0.623. The molecule has 0 spiro atoms. The van der Waals surface area contributed by atoms with Crippen LogP contribution in [0.25, 0.3) is 0 Å². The number of carbonyl (C=O) groups excluding carboxylic acids is 1. The van der Waals surface area contributed by atoms with Crippen LogP contribution in [0.15, 0.2) is 22.7 Å². The first-order valence-corrected chi connectivity index (χ1v) is 7.83. The summed E-state index contributed by atoms with van der Waals surface area (Å²) in [5, 5.41) is 11.3. The minimum Gasteiger partial charge on any atom is -0.481 e. The third-order valence-electron chi connectivity index (χ3n) is 2.53. The number of hydrogen-bond donors (Lipinski definition) is 2. The molecule has 104 valence electrons. The molecule has 0 radical (unpaired) electrons. The molecule has 0 aliphatic rings. The molecule has 0 saturated heterocycles. The standard InChI is InChI=1S/C13H15BrINO3/c14-11-6-5-9(15)8-10(11)13(19)16-7-3-1-2-4-12(17)18/h5-6,8H,1-4,7H2,(H,16,19)(H,17,18). The fourth-order valence-corrected chi connectivity index (χ4v) is 2.46. The smallest absolute Gasteiger partial charge is 0.303 e. The Balaban J connectivity index is 2.31. The Morgan fingerprint density at radius 3 is 2.68 bits per heavy atom. The second-order valence-corrected chi connectivity index (χ2v) is 6.18. The molecule has 2 N–H and O–H groups in total. The maximum absolute atomic E-state index is 11.9. The average molecular weight is 440 g/mol. The van der Waals surface area contributed by atoms with E-state index in [2.05, 4.69) is 43.8 Å². The highest BCUT2D eigenvalue weighted by atomic mass is 127. The molecule has 0 heterocycles. The van der Waals surface area contributed by atoms with Crippen molar-refractivity contribution < 1.29 is 14.7 Å². The van der Waals surface area contributed by atoms with Crippen molar-refractivity contribution in [3.63, 3.8) is 0 Å². The van der Waals surface area contributed by atoms with E-state index in [1.165, 1.54) is 0 Å². The highest BCUT2D eigenvalue weighted by molar-refractivity contribution is 14.1.